The molecule has 1 atom stereocenters. The number of aryl methyl sites for hydroxylation is 2. The van der Waals surface area contributed by atoms with Crippen LogP contribution in [0.25, 0.3) is 0 Å². The molecule has 6 heteroatoms. The molecular weight excluding hydrogens is 216 g/mol. The van der Waals surface area contributed by atoms with E-state index in [9.17, 15) is 0 Å². The van der Waals surface area contributed by atoms with Crippen molar-refractivity contribution in [2.75, 3.05) is 0 Å². The molecule has 0 spiro atoms. The first-order valence-corrected chi connectivity index (χ1v) is 5.42. The molecule has 90 valence electrons. The van der Waals surface area contributed by atoms with Crippen LogP contribution >= 0.6 is 0 Å². The van der Waals surface area contributed by atoms with Crippen molar-refractivity contribution < 1.29 is 0 Å². The number of pyridine rings is 1. The van der Waals surface area contributed by atoms with Crippen molar-refractivity contribution in [2.45, 2.75) is 19.4 Å². The number of hydrogen-bond acceptors (Lipinski definition) is 5. The van der Waals surface area contributed by atoms with Crippen LogP contribution in [0.3, 0.4) is 0 Å². The van der Waals surface area contributed by atoms with E-state index < -0.39 is 0 Å². The van der Waals surface area contributed by atoms with E-state index in [1.54, 1.807) is 10.9 Å². The highest BCUT2D eigenvalue weighted by molar-refractivity contribution is 5.26. The smallest absolute Gasteiger partial charge is 0.0846 e. The molecule has 0 aliphatic heterocycles. The quantitative estimate of drug-likeness (QED) is 0.584. The van der Waals surface area contributed by atoms with Crippen LogP contribution in [0.15, 0.2) is 24.7 Å². The molecule has 2 rings (SSSR count). The molecule has 6 nitrogen and oxygen atoms in total. The van der Waals surface area contributed by atoms with Gasteiger partial charge in [0.05, 0.1) is 11.7 Å². The van der Waals surface area contributed by atoms with Gasteiger partial charge in [0.2, 0.25) is 0 Å². The molecule has 2 aromatic heterocycles. The standard InChI is InChI=1S/C11H16N6/c1-8-6-13-4-3-10(8)11(14-12)5-9-7-17(2)16-15-9/h3-4,6-7,11,14H,5,12H2,1-2H3. The van der Waals surface area contributed by atoms with Crippen molar-refractivity contribution >= 4 is 0 Å². The van der Waals surface area contributed by atoms with Crippen molar-refractivity contribution in [1.29, 1.82) is 0 Å². The summed E-state index contributed by atoms with van der Waals surface area (Å²) in [4.78, 5) is 4.07. The van der Waals surface area contributed by atoms with Gasteiger partial charge in [-0.15, -0.1) is 5.10 Å². The van der Waals surface area contributed by atoms with Crippen LogP contribution in [0.1, 0.15) is 22.9 Å². The number of aromatic nitrogens is 4. The van der Waals surface area contributed by atoms with Gasteiger partial charge in [-0.25, -0.2) is 0 Å². The van der Waals surface area contributed by atoms with Crippen LogP contribution in [0.2, 0.25) is 0 Å². The number of nitrogens with one attached hydrogen (secondary N) is 1. The van der Waals surface area contributed by atoms with Crippen LogP contribution in [0.4, 0.5) is 0 Å². The fourth-order valence-electron chi connectivity index (χ4n) is 1.83. The molecule has 0 bridgehead atoms. The van der Waals surface area contributed by atoms with Gasteiger partial charge in [-0.2, -0.15) is 0 Å². The van der Waals surface area contributed by atoms with Crippen LogP contribution in [-0.2, 0) is 13.5 Å². The van der Waals surface area contributed by atoms with Crippen molar-refractivity contribution in [3.63, 3.8) is 0 Å². The van der Waals surface area contributed by atoms with Gasteiger partial charge in [-0.1, -0.05) is 5.21 Å². The van der Waals surface area contributed by atoms with Crippen LogP contribution in [-0.4, -0.2) is 20.0 Å². The van der Waals surface area contributed by atoms with Crippen LogP contribution < -0.4 is 11.3 Å². The summed E-state index contributed by atoms with van der Waals surface area (Å²) >= 11 is 0. The molecule has 0 aliphatic carbocycles. The lowest BCUT2D eigenvalue weighted by Gasteiger charge is -2.16. The number of nitrogens with two attached hydrogens (primary N) is 1. The van der Waals surface area contributed by atoms with Gasteiger partial charge in [-0.05, 0) is 24.1 Å². The first-order chi connectivity index (χ1) is 8.20. The van der Waals surface area contributed by atoms with E-state index in [0.717, 1.165) is 16.8 Å². The molecule has 0 saturated heterocycles. The molecule has 0 aliphatic rings. The molecule has 3 N–H and O–H groups in total. The minimum Gasteiger partial charge on any atom is -0.271 e. The van der Waals surface area contributed by atoms with Gasteiger partial charge >= 0.3 is 0 Å². The summed E-state index contributed by atoms with van der Waals surface area (Å²) in [5, 5.41) is 7.97. The second kappa shape index (κ2) is 5.03. The van der Waals surface area contributed by atoms with E-state index in [2.05, 4.69) is 20.7 Å². The summed E-state index contributed by atoms with van der Waals surface area (Å²) in [6, 6.07) is 1.99. The Hall–Kier alpha value is -1.79. The minimum absolute atomic E-state index is 0.0229. The molecule has 2 heterocycles. The third kappa shape index (κ3) is 2.66. The van der Waals surface area contributed by atoms with Crippen molar-refractivity contribution in [1.82, 2.24) is 25.4 Å². The van der Waals surface area contributed by atoms with Gasteiger partial charge in [0, 0.05) is 32.1 Å². The third-order valence-corrected chi connectivity index (χ3v) is 2.70. The summed E-state index contributed by atoms with van der Waals surface area (Å²) in [5.41, 5.74) is 5.96. The summed E-state index contributed by atoms with van der Waals surface area (Å²) in [5.74, 6) is 5.60. The number of nitrogens with zero attached hydrogens (tertiary/aromatic N) is 4. The molecule has 1 unspecified atom stereocenters. The molecule has 0 saturated carbocycles. The zero-order valence-corrected chi connectivity index (χ0v) is 9.96. The van der Waals surface area contributed by atoms with Crippen molar-refractivity contribution in [2.24, 2.45) is 12.9 Å². The minimum atomic E-state index is 0.0229. The Kier molecular flexibility index (Phi) is 3.46. The van der Waals surface area contributed by atoms with Crippen LogP contribution in [0, 0.1) is 6.92 Å². The maximum absolute atomic E-state index is 5.60. The Balaban J connectivity index is 2.20. The highest BCUT2D eigenvalue weighted by Gasteiger charge is 2.14. The molecule has 0 fully saturated rings. The lowest BCUT2D eigenvalue weighted by atomic mass is 10.0. The summed E-state index contributed by atoms with van der Waals surface area (Å²) in [7, 11) is 1.85. The Morgan fingerprint density at radius 2 is 2.35 bits per heavy atom. The summed E-state index contributed by atoms with van der Waals surface area (Å²) in [6.07, 6.45) is 6.19. The zero-order chi connectivity index (χ0) is 12.3. The first kappa shape index (κ1) is 11.7. The van der Waals surface area contributed by atoms with Gasteiger partial charge in [0.15, 0.2) is 0 Å². The van der Waals surface area contributed by atoms with Gasteiger partial charge in [0.25, 0.3) is 0 Å². The molecule has 17 heavy (non-hydrogen) atoms. The average molecular weight is 232 g/mol. The van der Waals surface area contributed by atoms with Gasteiger partial charge in [0.1, 0.15) is 0 Å². The third-order valence-electron chi connectivity index (χ3n) is 2.70. The normalized spacial score (nSPS) is 12.6. The SMILES string of the molecule is Cc1cnccc1C(Cc1cn(C)nn1)NN. The Labute approximate surface area is 99.8 Å². The van der Waals surface area contributed by atoms with Gasteiger partial charge < -0.3 is 0 Å². The lowest BCUT2D eigenvalue weighted by molar-refractivity contribution is 0.542. The maximum atomic E-state index is 5.60. The largest absolute Gasteiger partial charge is 0.271 e. The molecule has 2 aromatic rings. The highest BCUT2D eigenvalue weighted by Crippen LogP contribution is 2.19. The van der Waals surface area contributed by atoms with E-state index in [4.69, 9.17) is 5.84 Å². The second-order valence-electron chi connectivity index (χ2n) is 4.04. The topological polar surface area (TPSA) is 81.7 Å². The number of hydrogen-bond donors (Lipinski definition) is 2. The lowest BCUT2D eigenvalue weighted by Crippen LogP contribution is -2.30. The predicted octanol–water partition coefficient (Wildman–Crippen LogP) is 0.266. The predicted molar refractivity (Wildman–Crippen MR) is 63.7 cm³/mol. The Morgan fingerprint density at radius 1 is 1.53 bits per heavy atom. The fraction of sp³-hybridized carbons (Fsp3) is 0.364. The Morgan fingerprint density at radius 3 is 2.94 bits per heavy atom. The molecular formula is C11H16N6. The Bertz CT molecular complexity index is 492. The van der Waals surface area contributed by atoms with Crippen molar-refractivity contribution in [3.8, 4) is 0 Å². The van der Waals surface area contributed by atoms with E-state index in [1.165, 1.54) is 0 Å². The van der Waals surface area contributed by atoms with Crippen LogP contribution in [0.5, 0.6) is 0 Å². The monoisotopic (exact) mass is 232 g/mol. The summed E-state index contributed by atoms with van der Waals surface area (Å²) < 4.78 is 1.68. The molecule has 0 amide bonds. The first-order valence-electron chi connectivity index (χ1n) is 5.42. The second-order valence-corrected chi connectivity index (χ2v) is 4.04. The molecule has 0 radical (unpaired) electrons. The van der Waals surface area contributed by atoms with E-state index in [-0.39, 0.29) is 6.04 Å². The van der Waals surface area contributed by atoms with Crippen molar-refractivity contribution in [3.05, 3.63) is 41.5 Å². The molecule has 0 aromatic carbocycles. The fourth-order valence-corrected chi connectivity index (χ4v) is 1.83. The van der Waals surface area contributed by atoms with E-state index in [1.807, 2.05) is 32.4 Å². The van der Waals surface area contributed by atoms with E-state index >= 15 is 0 Å². The number of hydrazine groups is 1. The van der Waals surface area contributed by atoms with Gasteiger partial charge in [-0.3, -0.25) is 20.9 Å². The maximum Gasteiger partial charge on any atom is 0.0846 e. The highest BCUT2D eigenvalue weighted by atomic mass is 15.4. The summed E-state index contributed by atoms with van der Waals surface area (Å²) in [6.45, 7) is 2.02. The van der Waals surface area contributed by atoms with E-state index in [0.29, 0.717) is 6.42 Å². The zero-order valence-electron chi connectivity index (χ0n) is 9.96. The average Bonchev–Trinajstić information content (AvgIpc) is 2.73. The number of rotatable bonds is 4.